The van der Waals surface area contributed by atoms with Crippen molar-refractivity contribution in [3.05, 3.63) is 53.1 Å². The lowest BCUT2D eigenvalue weighted by Crippen LogP contribution is -2.32. The highest BCUT2D eigenvalue weighted by molar-refractivity contribution is 6.46. The second-order valence-electron chi connectivity index (χ2n) is 8.05. The topological polar surface area (TPSA) is 97.8 Å². The molecule has 34 heavy (non-hydrogen) atoms. The van der Waals surface area contributed by atoms with Crippen LogP contribution in [0, 0.1) is 0 Å². The van der Waals surface area contributed by atoms with Gasteiger partial charge in [0.1, 0.15) is 18.1 Å². The lowest BCUT2D eigenvalue weighted by molar-refractivity contribution is -0.140. The molecule has 1 unspecified atom stereocenters. The minimum absolute atomic E-state index is 0.00709. The number of carbonyl (C=O) groups is 2. The van der Waals surface area contributed by atoms with Crippen LogP contribution in [0.15, 0.2) is 42.0 Å². The molecule has 1 saturated heterocycles. The number of likely N-dealkylation sites (tertiary alicyclic amines) is 1. The van der Waals surface area contributed by atoms with Crippen molar-refractivity contribution in [3.8, 4) is 17.2 Å². The van der Waals surface area contributed by atoms with Crippen LogP contribution in [-0.4, -0.2) is 76.4 Å². The van der Waals surface area contributed by atoms with Gasteiger partial charge >= 0.3 is 0 Å². The zero-order valence-electron chi connectivity index (χ0n) is 19.7. The van der Waals surface area contributed by atoms with Crippen molar-refractivity contribution >= 4 is 23.1 Å². The van der Waals surface area contributed by atoms with Gasteiger partial charge < -0.3 is 33.9 Å². The molecule has 0 saturated carbocycles. The Bertz CT molecular complexity index is 1140. The molecule has 0 aliphatic carbocycles. The van der Waals surface area contributed by atoms with E-state index in [1.54, 1.807) is 36.4 Å². The number of ketones is 1. The molecule has 0 spiro atoms. The van der Waals surface area contributed by atoms with Crippen LogP contribution in [0.25, 0.3) is 5.76 Å². The fourth-order valence-corrected chi connectivity index (χ4v) is 4.32. The third kappa shape index (κ3) is 4.03. The summed E-state index contributed by atoms with van der Waals surface area (Å²) in [5, 5.41) is 11.3. The van der Waals surface area contributed by atoms with E-state index in [4.69, 9.17) is 18.9 Å². The van der Waals surface area contributed by atoms with Crippen LogP contribution in [0.1, 0.15) is 17.2 Å². The number of hydrogen-bond donors (Lipinski definition) is 1. The largest absolute Gasteiger partial charge is 0.507 e. The van der Waals surface area contributed by atoms with Crippen LogP contribution < -0.4 is 19.1 Å². The molecular formula is C25H28N2O7. The molecule has 1 N–H and O–H groups in total. The number of benzene rings is 2. The number of fused-ring (bicyclic) bond motifs is 1. The lowest BCUT2D eigenvalue weighted by Gasteiger charge is -2.28. The van der Waals surface area contributed by atoms with Crippen LogP contribution in [-0.2, 0) is 14.3 Å². The number of anilines is 1. The summed E-state index contributed by atoms with van der Waals surface area (Å²) in [6, 6.07) is 9.54. The standard InChI is InChI=1S/C25H28N2O7/c1-26-9-12-34-18-7-6-16(13-17(18)26)23(28)21-22(27(10-11-31-2)25(30)24(21)29)15-5-8-19(32-3)20(14-15)33-4/h5-8,13-14,22,28H,9-12H2,1-4H3/b23-21+. The Morgan fingerprint density at radius 2 is 1.85 bits per heavy atom. The maximum atomic E-state index is 13.2. The van der Waals surface area contributed by atoms with E-state index in [-0.39, 0.29) is 24.5 Å². The van der Waals surface area contributed by atoms with Gasteiger partial charge in [0.15, 0.2) is 11.5 Å². The zero-order chi connectivity index (χ0) is 24.4. The fourth-order valence-electron chi connectivity index (χ4n) is 4.32. The molecule has 9 heteroatoms. The average Bonchev–Trinajstić information content (AvgIpc) is 3.11. The maximum absolute atomic E-state index is 13.2. The molecule has 1 atom stereocenters. The summed E-state index contributed by atoms with van der Waals surface area (Å²) in [6.07, 6.45) is 0. The molecule has 0 aromatic heterocycles. The van der Waals surface area contributed by atoms with Gasteiger partial charge in [-0.1, -0.05) is 6.07 Å². The van der Waals surface area contributed by atoms with Gasteiger partial charge in [0.2, 0.25) is 0 Å². The smallest absolute Gasteiger partial charge is 0.295 e. The normalized spacial score (nSPS) is 19.1. The number of nitrogens with zero attached hydrogens (tertiary/aromatic N) is 2. The molecule has 2 aromatic rings. The Labute approximate surface area is 198 Å². The second kappa shape index (κ2) is 9.64. The second-order valence-corrected chi connectivity index (χ2v) is 8.05. The van der Waals surface area contributed by atoms with Crippen molar-refractivity contribution in [3.63, 3.8) is 0 Å². The molecule has 2 heterocycles. The van der Waals surface area contributed by atoms with E-state index in [1.165, 1.54) is 26.2 Å². The molecule has 2 aliphatic heterocycles. The van der Waals surface area contributed by atoms with Gasteiger partial charge in [0.05, 0.1) is 44.7 Å². The summed E-state index contributed by atoms with van der Waals surface area (Å²) < 4.78 is 21.6. The van der Waals surface area contributed by atoms with Gasteiger partial charge in [0, 0.05) is 26.3 Å². The number of Topliss-reactive ketones (excluding diaryl/α,β-unsaturated/α-hetero) is 1. The zero-order valence-corrected chi connectivity index (χ0v) is 19.7. The Balaban J connectivity index is 1.86. The number of aliphatic hydroxyl groups is 1. The predicted molar refractivity (Wildman–Crippen MR) is 126 cm³/mol. The average molecular weight is 469 g/mol. The van der Waals surface area contributed by atoms with Crippen molar-refractivity contribution < 1.29 is 33.6 Å². The van der Waals surface area contributed by atoms with Crippen LogP contribution in [0.4, 0.5) is 5.69 Å². The third-order valence-electron chi connectivity index (χ3n) is 6.13. The molecule has 180 valence electrons. The van der Waals surface area contributed by atoms with E-state index in [0.717, 1.165) is 5.69 Å². The van der Waals surface area contributed by atoms with Crippen molar-refractivity contribution in [1.29, 1.82) is 0 Å². The highest BCUT2D eigenvalue weighted by Crippen LogP contribution is 2.43. The molecule has 0 bridgehead atoms. The van der Waals surface area contributed by atoms with Crippen molar-refractivity contribution in [2.75, 3.05) is 59.6 Å². The molecule has 9 nitrogen and oxygen atoms in total. The summed E-state index contributed by atoms with van der Waals surface area (Å²) in [6.45, 7) is 1.68. The Hall–Kier alpha value is -3.72. The van der Waals surface area contributed by atoms with Crippen LogP contribution in [0.5, 0.6) is 17.2 Å². The van der Waals surface area contributed by atoms with Crippen molar-refractivity contribution in [1.82, 2.24) is 4.90 Å². The van der Waals surface area contributed by atoms with E-state index >= 15 is 0 Å². The fraction of sp³-hybridized carbons (Fsp3) is 0.360. The predicted octanol–water partition coefficient (Wildman–Crippen LogP) is 2.60. The number of ether oxygens (including phenoxy) is 4. The summed E-state index contributed by atoms with van der Waals surface area (Å²) >= 11 is 0. The molecule has 1 amide bonds. The molecule has 0 radical (unpaired) electrons. The maximum Gasteiger partial charge on any atom is 0.295 e. The number of amides is 1. The number of hydrogen-bond acceptors (Lipinski definition) is 8. The van der Waals surface area contributed by atoms with Crippen LogP contribution in [0.2, 0.25) is 0 Å². The first kappa shape index (κ1) is 23.4. The molecular weight excluding hydrogens is 440 g/mol. The summed E-state index contributed by atoms with van der Waals surface area (Å²) in [7, 11) is 6.49. The highest BCUT2D eigenvalue weighted by atomic mass is 16.5. The number of carbonyl (C=O) groups excluding carboxylic acids is 2. The van der Waals surface area contributed by atoms with E-state index in [9.17, 15) is 14.7 Å². The number of likely N-dealkylation sites (N-methyl/N-ethyl adjacent to an activating group) is 1. The van der Waals surface area contributed by atoms with Gasteiger partial charge in [-0.05, 0) is 35.9 Å². The van der Waals surface area contributed by atoms with Crippen molar-refractivity contribution in [2.45, 2.75) is 6.04 Å². The SMILES string of the molecule is COCCN1C(=O)C(=O)/C(=C(/O)c2ccc3c(c2)N(C)CCO3)C1c1ccc(OC)c(OC)c1. The Morgan fingerprint density at radius 1 is 1.09 bits per heavy atom. The summed E-state index contributed by atoms with van der Waals surface area (Å²) in [5.74, 6) is -0.0441. The first-order chi connectivity index (χ1) is 16.4. The first-order valence-electron chi connectivity index (χ1n) is 10.9. The van der Waals surface area contributed by atoms with Crippen LogP contribution in [0.3, 0.4) is 0 Å². The molecule has 4 rings (SSSR count). The van der Waals surface area contributed by atoms with Crippen LogP contribution >= 0.6 is 0 Å². The monoisotopic (exact) mass is 468 g/mol. The number of methoxy groups -OCH3 is 3. The van der Waals surface area contributed by atoms with E-state index in [1.807, 2.05) is 11.9 Å². The Morgan fingerprint density at radius 3 is 2.56 bits per heavy atom. The Kier molecular flexibility index (Phi) is 6.65. The van der Waals surface area contributed by atoms with E-state index in [0.29, 0.717) is 41.5 Å². The van der Waals surface area contributed by atoms with E-state index in [2.05, 4.69) is 0 Å². The van der Waals surface area contributed by atoms with Gasteiger partial charge in [-0.3, -0.25) is 9.59 Å². The van der Waals surface area contributed by atoms with Gasteiger partial charge in [-0.2, -0.15) is 0 Å². The van der Waals surface area contributed by atoms with E-state index < -0.39 is 17.7 Å². The minimum Gasteiger partial charge on any atom is -0.507 e. The highest BCUT2D eigenvalue weighted by Gasteiger charge is 2.46. The summed E-state index contributed by atoms with van der Waals surface area (Å²) in [5.41, 5.74) is 1.83. The summed E-state index contributed by atoms with van der Waals surface area (Å²) in [4.78, 5) is 29.6. The number of rotatable bonds is 7. The quantitative estimate of drug-likeness (QED) is 0.376. The first-order valence-corrected chi connectivity index (χ1v) is 10.9. The third-order valence-corrected chi connectivity index (χ3v) is 6.13. The van der Waals surface area contributed by atoms with Gasteiger partial charge in [0.25, 0.3) is 11.7 Å². The van der Waals surface area contributed by atoms with Gasteiger partial charge in [-0.15, -0.1) is 0 Å². The molecule has 2 aromatic carbocycles. The van der Waals surface area contributed by atoms with Gasteiger partial charge in [-0.25, -0.2) is 0 Å². The lowest BCUT2D eigenvalue weighted by atomic mass is 9.94. The number of aliphatic hydroxyl groups excluding tert-OH is 1. The molecule has 1 fully saturated rings. The minimum atomic E-state index is -0.819. The molecule has 2 aliphatic rings. The van der Waals surface area contributed by atoms with Crippen molar-refractivity contribution in [2.24, 2.45) is 0 Å².